The van der Waals surface area contributed by atoms with E-state index in [-0.39, 0.29) is 0 Å². The molecule has 0 saturated heterocycles. The van der Waals surface area contributed by atoms with E-state index in [4.69, 9.17) is 11.5 Å². The van der Waals surface area contributed by atoms with Gasteiger partial charge in [-0.05, 0) is 40.5 Å². The van der Waals surface area contributed by atoms with Crippen molar-refractivity contribution in [2.45, 2.75) is 6.92 Å². The van der Waals surface area contributed by atoms with Gasteiger partial charge in [0, 0.05) is 4.47 Å². The van der Waals surface area contributed by atoms with Crippen LogP contribution in [0.4, 0.5) is 16.2 Å². The van der Waals surface area contributed by atoms with Crippen molar-refractivity contribution >= 4 is 33.3 Å². The van der Waals surface area contributed by atoms with E-state index in [0.29, 0.717) is 11.4 Å². The van der Waals surface area contributed by atoms with Crippen molar-refractivity contribution in [2.75, 3.05) is 11.1 Å². The number of halogens is 1. The molecule has 1 rings (SSSR count). The molecule has 2 amide bonds. The Hall–Kier alpha value is -1.23. The lowest BCUT2D eigenvalue weighted by Crippen LogP contribution is -2.20. The Kier molecular flexibility index (Phi) is 2.77. The lowest BCUT2D eigenvalue weighted by atomic mass is 10.2. The van der Waals surface area contributed by atoms with Crippen LogP contribution in [0.15, 0.2) is 16.6 Å². The van der Waals surface area contributed by atoms with Gasteiger partial charge in [-0.3, -0.25) is 0 Å². The summed E-state index contributed by atoms with van der Waals surface area (Å²) in [5.74, 6) is 0. The second kappa shape index (κ2) is 3.66. The van der Waals surface area contributed by atoms with Crippen molar-refractivity contribution in [2.24, 2.45) is 5.73 Å². The highest BCUT2D eigenvalue weighted by Gasteiger charge is 2.06. The Morgan fingerprint density at radius 1 is 1.54 bits per heavy atom. The molecule has 4 nitrogen and oxygen atoms in total. The molecule has 0 aliphatic carbocycles. The third kappa shape index (κ3) is 2.35. The predicted octanol–water partition coefficient (Wildman–Crippen LogP) is 1.83. The summed E-state index contributed by atoms with van der Waals surface area (Å²) in [5.41, 5.74) is 12.7. The molecule has 5 N–H and O–H groups in total. The van der Waals surface area contributed by atoms with Crippen LogP contribution in [0.25, 0.3) is 0 Å². The molecule has 0 aliphatic heterocycles. The number of aryl methyl sites for hydroxylation is 1. The molecule has 0 bridgehead atoms. The van der Waals surface area contributed by atoms with Crippen molar-refractivity contribution in [3.8, 4) is 0 Å². The van der Waals surface area contributed by atoms with E-state index < -0.39 is 6.03 Å². The fourth-order valence-electron chi connectivity index (χ4n) is 1.02. The largest absolute Gasteiger partial charge is 0.397 e. The SMILES string of the molecule is Cc1cc(N)c(NC(N)=O)c(Br)c1. The van der Waals surface area contributed by atoms with Crippen LogP contribution in [0.2, 0.25) is 0 Å². The van der Waals surface area contributed by atoms with E-state index in [9.17, 15) is 4.79 Å². The third-order valence-electron chi connectivity index (χ3n) is 1.51. The molecule has 5 heteroatoms. The second-order valence-electron chi connectivity index (χ2n) is 2.70. The van der Waals surface area contributed by atoms with Crippen molar-refractivity contribution < 1.29 is 4.79 Å². The molecular weight excluding hydrogens is 234 g/mol. The topological polar surface area (TPSA) is 81.1 Å². The van der Waals surface area contributed by atoms with Gasteiger partial charge in [-0.15, -0.1) is 0 Å². The highest BCUT2D eigenvalue weighted by atomic mass is 79.9. The molecule has 13 heavy (non-hydrogen) atoms. The zero-order chi connectivity index (χ0) is 10.0. The first-order chi connectivity index (χ1) is 6.00. The first-order valence-corrected chi connectivity index (χ1v) is 4.42. The van der Waals surface area contributed by atoms with Crippen LogP contribution >= 0.6 is 15.9 Å². The van der Waals surface area contributed by atoms with Crippen LogP contribution in [0.3, 0.4) is 0 Å². The maximum Gasteiger partial charge on any atom is 0.316 e. The number of hydrogen-bond donors (Lipinski definition) is 3. The number of urea groups is 1. The number of nitrogen functional groups attached to an aromatic ring is 1. The van der Waals surface area contributed by atoms with Crippen LogP contribution in [0, 0.1) is 6.92 Å². The van der Waals surface area contributed by atoms with Crippen molar-refractivity contribution in [1.82, 2.24) is 0 Å². The lowest BCUT2D eigenvalue weighted by Gasteiger charge is -2.09. The molecule has 0 saturated carbocycles. The van der Waals surface area contributed by atoms with Gasteiger partial charge in [0.05, 0.1) is 11.4 Å². The molecule has 0 heterocycles. The highest BCUT2D eigenvalue weighted by molar-refractivity contribution is 9.10. The molecule has 0 radical (unpaired) electrons. The minimum absolute atomic E-state index is 0.491. The number of anilines is 2. The standard InChI is InChI=1S/C8H10BrN3O/c1-4-2-5(9)7(6(10)3-4)12-8(11)13/h2-3H,10H2,1H3,(H3,11,12,13). The number of nitrogens with two attached hydrogens (primary N) is 2. The van der Waals surface area contributed by atoms with Crippen LogP contribution in [0.1, 0.15) is 5.56 Å². The Labute approximate surface area is 84.4 Å². The van der Waals surface area contributed by atoms with E-state index in [1.807, 2.05) is 13.0 Å². The molecule has 0 fully saturated rings. The molecule has 0 aliphatic rings. The zero-order valence-corrected chi connectivity index (χ0v) is 8.68. The number of primary amides is 1. The summed E-state index contributed by atoms with van der Waals surface area (Å²) in [6, 6.07) is 2.98. The molecule has 1 aromatic rings. The summed E-state index contributed by atoms with van der Waals surface area (Å²) >= 11 is 3.28. The van der Waals surface area contributed by atoms with Gasteiger partial charge in [0.1, 0.15) is 0 Å². The van der Waals surface area contributed by atoms with Gasteiger partial charge in [-0.2, -0.15) is 0 Å². The van der Waals surface area contributed by atoms with Gasteiger partial charge in [-0.1, -0.05) is 0 Å². The Morgan fingerprint density at radius 3 is 2.62 bits per heavy atom. The smallest absolute Gasteiger partial charge is 0.316 e. The molecular formula is C8H10BrN3O. The van der Waals surface area contributed by atoms with Crippen molar-refractivity contribution in [1.29, 1.82) is 0 Å². The Morgan fingerprint density at radius 2 is 2.15 bits per heavy atom. The van der Waals surface area contributed by atoms with Gasteiger partial charge in [0.25, 0.3) is 0 Å². The fraction of sp³-hybridized carbons (Fsp3) is 0.125. The van der Waals surface area contributed by atoms with Crippen LogP contribution < -0.4 is 16.8 Å². The number of nitrogens with one attached hydrogen (secondary N) is 1. The average Bonchev–Trinajstić information content (AvgIpc) is 1.96. The molecule has 70 valence electrons. The minimum atomic E-state index is -0.628. The molecule has 0 atom stereocenters. The van der Waals surface area contributed by atoms with E-state index >= 15 is 0 Å². The van der Waals surface area contributed by atoms with Crippen molar-refractivity contribution in [3.05, 3.63) is 22.2 Å². The lowest BCUT2D eigenvalue weighted by molar-refractivity contribution is 0.259. The molecule has 1 aromatic carbocycles. The minimum Gasteiger partial charge on any atom is -0.397 e. The fourth-order valence-corrected chi connectivity index (χ4v) is 1.71. The monoisotopic (exact) mass is 243 g/mol. The van der Waals surface area contributed by atoms with Gasteiger partial charge in [0.15, 0.2) is 0 Å². The first-order valence-electron chi connectivity index (χ1n) is 3.63. The van der Waals surface area contributed by atoms with Gasteiger partial charge >= 0.3 is 6.03 Å². The number of benzene rings is 1. The van der Waals surface area contributed by atoms with E-state index in [1.165, 1.54) is 0 Å². The van der Waals surface area contributed by atoms with E-state index in [0.717, 1.165) is 10.0 Å². The Balaban J connectivity index is 3.13. The summed E-state index contributed by atoms with van der Waals surface area (Å²) in [6.45, 7) is 1.91. The molecule has 0 aromatic heterocycles. The van der Waals surface area contributed by atoms with Crippen LogP contribution in [-0.4, -0.2) is 6.03 Å². The number of carbonyl (C=O) groups is 1. The second-order valence-corrected chi connectivity index (χ2v) is 3.55. The molecule has 0 unspecified atom stereocenters. The summed E-state index contributed by atoms with van der Waals surface area (Å²) in [5, 5.41) is 2.44. The first kappa shape index (κ1) is 9.85. The summed E-state index contributed by atoms with van der Waals surface area (Å²) < 4.78 is 0.726. The van der Waals surface area contributed by atoms with Gasteiger partial charge < -0.3 is 16.8 Å². The predicted molar refractivity (Wildman–Crippen MR) is 56.5 cm³/mol. The molecule has 0 spiro atoms. The van der Waals surface area contributed by atoms with Gasteiger partial charge in [0.2, 0.25) is 0 Å². The van der Waals surface area contributed by atoms with Gasteiger partial charge in [-0.25, -0.2) is 4.79 Å². The van der Waals surface area contributed by atoms with E-state index in [2.05, 4.69) is 21.2 Å². The van der Waals surface area contributed by atoms with Crippen LogP contribution in [0.5, 0.6) is 0 Å². The quantitative estimate of drug-likeness (QED) is 0.658. The number of rotatable bonds is 1. The van der Waals surface area contributed by atoms with Crippen molar-refractivity contribution in [3.63, 3.8) is 0 Å². The number of hydrogen-bond acceptors (Lipinski definition) is 2. The highest BCUT2D eigenvalue weighted by Crippen LogP contribution is 2.29. The zero-order valence-electron chi connectivity index (χ0n) is 7.10. The summed E-state index contributed by atoms with van der Waals surface area (Å²) in [4.78, 5) is 10.6. The van der Waals surface area contributed by atoms with E-state index in [1.54, 1.807) is 6.07 Å². The number of carbonyl (C=O) groups excluding carboxylic acids is 1. The average molecular weight is 244 g/mol. The maximum absolute atomic E-state index is 10.6. The number of amides is 2. The third-order valence-corrected chi connectivity index (χ3v) is 2.14. The summed E-state index contributed by atoms with van der Waals surface area (Å²) in [6.07, 6.45) is 0. The maximum atomic E-state index is 10.6. The normalized spacial score (nSPS) is 9.69. The summed E-state index contributed by atoms with van der Waals surface area (Å²) in [7, 11) is 0. The Bertz CT molecular complexity index is 328. The van der Waals surface area contributed by atoms with Crippen LogP contribution in [-0.2, 0) is 0 Å².